The van der Waals surface area contributed by atoms with Crippen molar-refractivity contribution in [2.24, 2.45) is 0 Å². The second-order valence-electron chi connectivity index (χ2n) is 21.9. The second kappa shape index (κ2) is 23.9. The van der Waals surface area contributed by atoms with E-state index in [9.17, 15) is 0 Å². The zero-order valence-corrected chi connectivity index (χ0v) is 48.2. The van der Waals surface area contributed by atoms with Crippen molar-refractivity contribution in [3.05, 3.63) is 346 Å². The molecule has 0 saturated heterocycles. The summed E-state index contributed by atoms with van der Waals surface area (Å²) < 4.78 is 24.4. The summed E-state index contributed by atoms with van der Waals surface area (Å²) in [5, 5.41) is 5.74. The van der Waals surface area contributed by atoms with Gasteiger partial charge in [-0.3, -0.25) is 0 Å². The summed E-state index contributed by atoms with van der Waals surface area (Å²) in [6, 6.07) is 122. The molecule has 0 spiro atoms. The van der Waals surface area contributed by atoms with Gasteiger partial charge in [0.15, 0.2) is 0 Å². The Morgan fingerprint density at radius 1 is 0.136 bits per heavy atom. The van der Waals surface area contributed by atoms with Gasteiger partial charge in [-0.2, -0.15) is 0 Å². The van der Waals surface area contributed by atoms with E-state index in [1.807, 2.05) is 0 Å². The van der Waals surface area contributed by atoms with Gasteiger partial charge in [-0.25, -0.2) is 0 Å². The smallest absolute Gasteiger partial charge is 0.488 e. The SMILES string of the molecule is c1ccc(-c2c(-c3ccccc3)c(-c3ccccc3)c3ccccc3c2OB(Oc2c(-c3ccccc3)c(-c3ccccc3)c(-c3ccccc3)c3ccccc23)Oc2c(-c3ccccc3)c(-c3ccccc3)c(-c3ccccc3)c3ccccc23)cc1. The van der Waals surface area contributed by atoms with Crippen LogP contribution in [0.15, 0.2) is 346 Å². The summed E-state index contributed by atoms with van der Waals surface area (Å²) in [6.45, 7) is 0. The summed E-state index contributed by atoms with van der Waals surface area (Å²) in [7, 11) is -1.48. The van der Waals surface area contributed by atoms with Crippen molar-refractivity contribution in [2.75, 3.05) is 0 Å². The van der Waals surface area contributed by atoms with Gasteiger partial charge in [-0.05, 0) is 82.9 Å². The van der Waals surface area contributed by atoms with Gasteiger partial charge < -0.3 is 14.0 Å². The highest BCUT2D eigenvalue weighted by atomic mass is 16.7. The average molecular weight is 1130 g/mol. The monoisotopic (exact) mass is 1120 g/mol. The third kappa shape index (κ3) is 9.93. The van der Waals surface area contributed by atoms with Crippen molar-refractivity contribution in [3.8, 4) is 117 Å². The van der Waals surface area contributed by atoms with Crippen LogP contribution in [0.1, 0.15) is 0 Å². The van der Waals surface area contributed by atoms with Crippen molar-refractivity contribution in [1.82, 2.24) is 0 Å². The predicted molar refractivity (Wildman–Crippen MR) is 368 cm³/mol. The lowest BCUT2D eigenvalue weighted by molar-refractivity contribution is 0.313. The molecule has 0 heterocycles. The number of hydrogen-bond donors (Lipinski definition) is 0. The van der Waals surface area contributed by atoms with Crippen LogP contribution in [0, 0.1) is 0 Å². The van der Waals surface area contributed by atoms with Crippen LogP contribution in [0.4, 0.5) is 0 Å². The molecule has 0 aliphatic carbocycles. The maximum absolute atomic E-state index is 8.13. The third-order valence-corrected chi connectivity index (χ3v) is 16.7. The number of benzene rings is 15. The third-order valence-electron chi connectivity index (χ3n) is 16.7. The van der Waals surface area contributed by atoms with Gasteiger partial charge in [0.25, 0.3) is 0 Å². The molecule has 0 bridgehead atoms. The molecule has 0 fully saturated rings. The standard InChI is InChI=1S/C84H57BO3/c1-10-34-58(35-11-1)73-67-52-28-31-55-70(67)82(79(64-46-22-7-23-47-64)76(73)61-40-16-4-17-41-61)86-85(87-83-71-56-32-29-53-68(71)74(59-36-12-2-13-37-59)77(62-42-18-5-19-43-62)80(83)65-48-24-8-25-49-65)88-84-72-57-33-30-54-69(72)75(60-38-14-3-15-39-60)78(63-44-20-6-21-45-63)81(84)66-50-26-9-27-51-66/h1-57H. The Bertz CT molecular complexity index is 4430. The van der Waals surface area contributed by atoms with Gasteiger partial charge in [-0.15, -0.1) is 0 Å². The number of hydrogen-bond acceptors (Lipinski definition) is 3. The van der Waals surface area contributed by atoms with E-state index in [1.165, 1.54) is 0 Å². The minimum atomic E-state index is -1.48. The van der Waals surface area contributed by atoms with Gasteiger partial charge in [-0.1, -0.05) is 346 Å². The van der Waals surface area contributed by atoms with E-state index < -0.39 is 7.32 Å². The fourth-order valence-corrected chi connectivity index (χ4v) is 13.0. The van der Waals surface area contributed by atoms with Gasteiger partial charge in [0.1, 0.15) is 17.2 Å². The molecule has 0 atom stereocenters. The lowest BCUT2D eigenvalue weighted by Gasteiger charge is -2.29. The molecule has 0 aliphatic rings. The number of fused-ring (bicyclic) bond motifs is 3. The number of rotatable bonds is 15. The summed E-state index contributed by atoms with van der Waals surface area (Å²) in [5.41, 5.74) is 18.3. The zero-order chi connectivity index (χ0) is 58.6. The van der Waals surface area contributed by atoms with E-state index >= 15 is 0 Å². The molecule has 3 nitrogen and oxygen atoms in total. The molecule has 15 aromatic rings. The molecule has 0 saturated carbocycles. The highest BCUT2D eigenvalue weighted by molar-refractivity contribution is 6.42. The highest BCUT2D eigenvalue weighted by Gasteiger charge is 2.39. The molecule has 0 N–H and O–H groups in total. The summed E-state index contributed by atoms with van der Waals surface area (Å²) >= 11 is 0. The Hall–Kier alpha value is -11.5. The normalized spacial score (nSPS) is 11.2. The van der Waals surface area contributed by atoms with Gasteiger partial charge >= 0.3 is 7.32 Å². The van der Waals surface area contributed by atoms with Crippen LogP contribution in [0.2, 0.25) is 0 Å². The first-order valence-corrected chi connectivity index (χ1v) is 30.0. The maximum Gasteiger partial charge on any atom is 0.864 e. The lowest BCUT2D eigenvalue weighted by Crippen LogP contribution is -2.38. The Morgan fingerprint density at radius 3 is 0.477 bits per heavy atom. The summed E-state index contributed by atoms with van der Waals surface area (Å²) in [6.07, 6.45) is 0. The molecule has 15 aromatic carbocycles. The molecule has 414 valence electrons. The molecular formula is C84H57BO3. The highest BCUT2D eigenvalue weighted by Crippen LogP contribution is 2.56. The first-order valence-electron chi connectivity index (χ1n) is 30.0. The molecule has 0 unspecified atom stereocenters. The van der Waals surface area contributed by atoms with Gasteiger partial charge in [0.2, 0.25) is 0 Å². The summed E-state index contributed by atoms with van der Waals surface area (Å²) in [4.78, 5) is 0. The molecule has 88 heavy (non-hydrogen) atoms. The molecule has 0 radical (unpaired) electrons. The van der Waals surface area contributed by atoms with Crippen LogP contribution < -0.4 is 14.0 Å². The van der Waals surface area contributed by atoms with Crippen LogP contribution in [-0.4, -0.2) is 7.32 Å². The van der Waals surface area contributed by atoms with Gasteiger partial charge in [0, 0.05) is 49.5 Å². The Kier molecular flexibility index (Phi) is 14.5. The maximum atomic E-state index is 8.13. The second-order valence-corrected chi connectivity index (χ2v) is 21.9. The fraction of sp³-hybridized carbons (Fsp3) is 0. The summed E-state index contributed by atoms with van der Waals surface area (Å²) in [5.74, 6) is 1.82. The van der Waals surface area contributed by atoms with E-state index in [0.29, 0.717) is 17.2 Å². The first-order chi connectivity index (χ1) is 43.7. The molecule has 0 aliphatic heterocycles. The van der Waals surface area contributed by atoms with Crippen molar-refractivity contribution >= 4 is 39.6 Å². The molecular weight excluding hydrogens is 1070 g/mol. The van der Waals surface area contributed by atoms with Crippen LogP contribution in [0.25, 0.3) is 132 Å². The minimum absolute atomic E-state index is 0.606. The van der Waals surface area contributed by atoms with Crippen LogP contribution in [0.5, 0.6) is 17.2 Å². The van der Waals surface area contributed by atoms with E-state index in [1.54, 1.807) is 0 Å². The molecule has 15 rings (SSSR count). The largest absolute Gasteiger partial charge is 0.864 e. The van der Waals surface area contributed by atoms with Crippen LogP contribution in [0.3, 0.4) is 0 Å². The van der Waals surface area contributed by atoms with E-state index in [-0.39, 0.29) is 0 Å². The van der Waals surface area contributed by atoms with Crippen molar-refractivity contribution in [2.45, 2.75) is 0 Å². The predicted octanol–water partition coefficient (Wildman–Crippen LogP) is 22.7. The topological polar surface area (TPSA) is 27.7 Å². The average Bonchev–Trinajstić information content (AvgIpc) is 0.815. The quantitative estimate of drug-likeness (QED) is 0.0958. The van der Waals surface area contributed by atoms with Gasteiger partial charge in [0.05, 0.1) is 0 Å². The first kappa shape index (κ1) is 53.3. The van der Waals surface area contributed by atoms with E-state index in [2.05, 4.69) is 346 Å². The zero-order valence-electron chi connectivity index (χ0n) is 48.2. The van der Waals surface area contributed by atoms with Crippen LogP contribution >= 0.6 is 0 Å². The molecule has 0 amide bonds. The molecule has 4 heteroatoms. The Balaban J connectivity index is 1.09. The Morgan fingerprint density at radius 2 is 0.284 bits per heavy atom. The lowest BCUT2D eigenvalue weighted by atomic mass is 9.82. The fourth-order valence-electron chi connectivity index (χ4n) is 13.0. The van der Waals surface area contributed by atoms with E-state index in [0.717, 1.165) is 132 Å². The van der Waals surface area contributed by atoms with Crippen molar-refractivity contribution in [3.63, 3.8) is 0 Å². The Labute approximate surface area is 513 Å². The van der Waals surface area contributed by atoms with Crippen molar-refractivity contribution in [1.29, 1.82) is 0 Å². The van der Waals surface area contributed by atoms with Crippen molar-refractivity contribution < 1.29 is 14.0 Å². The van der Waals surface area contributed by atoms with Crippen LogP contribution in [-0.2, 0) is 0 Å². The minimum Gasteiger partial charge on any atom is -0.488 e. The van der Waals surface area contributed by atoms with E-state index in [4.69, 9.17) is 14.0 Å². The molecule has 0 aromatic heterocycles.